The van der Waals surface area contributed by atoms with Crippen molar-refractivity contribution in [1.82, 2.24) is 5.32 Å². The summed E-state index contributed by atoms with van der Waals surface area (Å²) in [4.78, 5) is 12.9. The first-order valence-electron chi connectivity index (χ1n) is 22.6. The van der Waals surface area contributed by atoms with Gasteiger partial charge in [-0.15, -0.1) is 0 Å². The molecule has 9 nitrogen and oxygen atoms in total. The van der Waals surface area contributed by atoms with Crippen LogP contribution in [0.2, 0.25) is 0 Å². The average molecular weight is 768 g/mol. The molecule has 54 heavy (non-hydrogen) atoms. The fraction of sp³-hybridized carbons (Fsp3) is 0.889. The van der Waals surface area contributed by atoms with Gasteiger partial charge >= 0.3 is 0 Å². The molecule has 1 heterocycles. The van der Waals surface area contributed by atoms with Crippen LogP contribution in [0.25, 0.3) is 0 Å². The van der Waals surface area contributed by atoms with Crippen molar-refractivity contribution in [2.24, 2.45) is 0 Å². The molecule has 0 aromatic carbocycles. The van der Waals surface area contributed by atoms with Gasteiger partial charge < -0.3 is 40.3 Å². The summed E-state index contributed by atoms with van der Waals surface area (Å²) in [6, 6.07) is -0.814. The van der Waals surface area contributed by atoms with Gasteiger partial charge in [0.25, 0.3) is 0 Å². The summed E-state index contributed by atoms with van der Waals surface area (Å²) in [5.74, 6) is -0.189. The maximum absolute atomic E-state index is 12.9. The van der Waals surface area contributed by atoms with E-state index in [1.165, 1.54) is 135 Å². The predicted molar refractivity (Wildman–Crippen MR) is 221 cm³/mol. The number of nitrogens with one attached hydrogen (secondary N) is 1. The van der Waals surface area contributed by atoms with Gasteiger partial charge in [0.05, 0.1) is 25.4 Å². The van der Waals surface area contributed by atoms with Crippen LogP contribution >= 0.6 is 0 Å². The molecular weight excluding hydrogens is 682 g/mol. The Balaban J connectivity index is 2.17. The number of carbonyl (C=O) groups is 1. The number of hydrogen-bond acceptors (Lipinski definition) is 8. The molecule has 1 aliphatic heterocycles. The Labute approximate surface area is 330 Å². The van der Waals surface area contributed by atoms with E-state index in [1.54, 1.807) is 6.08 Å². The van der Waals surface area contributed by atoms with E-state index >= 15 is 0 Å². The van der Waals surface area contributed by atoms with Crippen molar-refractivity contribution in [3.05, 3.63) is 24.3 Å². The van der Waals surface area contributed by atoms with Crippen LogP contribution in [0.1, 0.15) is 200 Å². The van der Waals surface area contributed by atoms with Crippen molar-refractivity contribution < 1.29 is 39.8 Å². The Morgan fingerprint density at radius 1 is 0.611 bits per heavy atom. The van der Waals surface area contributed by atoms with Crippen molar-refractivity contribution in [2.75, 3.05) is 13.2 Å². The highest BCUT2D eigenvalue weighted by atomic mass is 16.7. The lowest BCUT2D eigenvalue weighted by Gasteiger charge is -2.40. The van der Waals surface area contributed by atoms with Crippen LogP contribution in [0.3, 0.4) is 0 Å². The lowest BCUT2D eigenvalue weighted by atomic mass is 9.99. The molecule has 6 N–H and O–H groups in total. The Hall–Kier alpha value is -1.33. The fourth-order valence-corrected chi connectivity index (χ4v) is 7.12. The van der Waals surface area contributed by atoms with Gasteiger partial charge in [0, 0.05) is 6.42 Å². The van der Waals surface area contributed by atoms with Gasteiger partial charge in [-0.25, -0.2) is 0 Å². The first kappa shape index (κ1) is 50.7. The molecule has 318 valence electrons. The van der Waals surface area contributed by atoms with E-state index in [1.807, 2.05) is 6.08 Å². The van der Waals surface area contributed by atoms with Gasteiger partial charge in [0.2, 0.25) is 5.91 Å². The van der Waals surface area contributed by atoms with Crippen molar-refractivity contribution in [3.8, 4) is 0 Å². The molecule has 0 radical (unpaired) electrons. The number of aliphatic hydroxyl groups excluding tert-OH is 5. The molecule has 0 spiro atoms. The molecule has 1 rings (SSSR count). The van der Waals surface area contributed by atoms with Crippen LogP contribution in [-0.4, -0.2) is 87.5 Å². The van der Waals surface area contributed by atoms with E-state index in [-0.39, 0.29) is 12.5 Å². The number of amides is 1. The van der Waals surface area contributed by atoms with E-state index in [0.29, 0.717) is 6.42 Å². The molecule has 0 aromatic heterocycles. The number of ether oxygens (including phenoxy) is 2. The zero-order chi connectivity index (χ0) is 39.5. The predicted octanol–water partition coefficient (Wildman–Crippen LogP) is 9.11. The molecule has 0 aliphatic carbocycles. The first-order valence-corrected chi connectivity index (χ1v) is 22.6. The summed E-state index contributed by atoms with van der Waals surface area (Å²) in [7, 11) is 0. The van der Waals surface area contributed by atoms with Crippen LogP contribution < -0.4 is 5.32 Å². The third-order valence-electron chi connectivity index (χ3n) is 10.8. The molecule has 1 saturated heterocycles. The number of aliphatic hydroxyl groups is 5. The maximum Gasteiger partial charge on any atom is 0.220 e. The Bertz CT molecular complexity index is 899. The molecule has 0 saturated carbocycles. The first-order chi connectivity index (χ1) is 26.3. The third-order valence-corrected chi connectivity index (χ3v) is 10.8. The number of unbranched alkanes of at least 4 members (excludes halogenated alkanes) is 25. The van der Waals surface area contributed by atoms with Crippen LogP contribution in [-0.2, 0) is 14.3 Å². The second-order valence-corrected chi connectivity index (χ2v) is 15.8. The fourth-order valence-electron chi connectivity index (χ4n) is 7.12. The number of rotatable bonds is 37. The highest BCUT2D eigenvalue weighted by Crippen LogP contribution is 2.22. The zero-order valence-corrected chi connectivity index (χ0v) is 34.7. The van der Waals surface area contributed by atoms with Gasteiger partial charge in [-0.05, 0) is 25.7 Å². The smallest absolute Gasteiger partial charge is 0.220 e. The summed E-state index contributed by atoms with van der Waals surface area (Å²) < 4.78 is 11.1. The van der Waals surface area contributed by atoms with Gasteiger partial charge in [-0.2, -0.15) is 0 Å². The zero-order valence-electron chi connectivity index (χ0n) is 34.7. The van der Waals surface area contributed by atoms with E-state index in [4.69, 9.17) is 9.47 Å². The molecule has 7 atom stereocenters. The topological polar surface area (TPSA) is 149 Å². The lowest BCUT2D eigenvalue weighted by molar-refractivity contribution is -0.302. The highest BCUT2D eigenvalue weighted by molar-refractivity contribution is 5.76. The van der Waals surface area contributed by atoms with E-state index in [9.17, 15) is 30.3 Å². The van der Waals surface area contributed by atoms with Crippen LogP contribution in [0.15, 0.2) is 24.3 Å². The molecule has 0 aromatic rings. The maximum atomic E-state index is 12.9. The summed E-state index contributed by atoms with van der Waals surface area (Å²) in [6.45, 7) is 3.65. The minimum absolute atomic E-state index is 0.189. The SMILES string of the molecule is CCC/C=C/CC/C=C/C(O)C(COC1OC(CO)C(O)C(O)C1O)NC(=O)CCCCCCCCCCCCCCCCCCCCCCCCCC. The van der Waals surface area contributed by atoms with E-state index in [0.717, 1.165) is 44.9 Å². The Morgan fingerprint density at radius 2 is 1.06 bits per heavy atom. The van der Waals surface area contributed by atoms with Crippen LogP contribution in [0, 0.1) is 0 Å². The molecule has 0 bridgehead atoms. The van der Waals surface area contributed by atoms with Gasteiger partial charge in [0.15, 0.2) is 6.29 Å². The average Bonchev–Trinajstić information content (AvgIpc) is 3.17. The second kappa shape index (κ2) is 36.0. The number of allylic oxidation sites excluding steroid dienone is 3. The van der Waals surface area contributed by atoms with E-state index < -0.39 is 49.5 Å². The highest BCUT2D eigenvalue weighted by Gasteiger charge is 2.44. The summed E-state index contributed by atoms with van der Waals surface area (Å²) >= 11 is 0. The molecule has 1 fully saturated rings. The Morgan fingerprint density at radius 3 is 1.52 bits per heavy atom. The number of hydrogen-bond donors (Lipinski definition) is 6. The second-order valence-electron chi connectivity index (χ2n) is 15.8. The minimum atomic E-state index is -1.57. The molecular formula is C45H85NO8. The largest absolute Gasteiger partial charge is 0.394 e. The van der Waals surface area contributed by atoms with Crippen molar-refractivity contribution in [2.45, 2.75) is 243 Å². The molecule has 9 heteroatoms. The van der Waals surface area contributed by atoms with Crippen LogP contribution in [0.5, 0.6) is 0 Å². The quantitative estimate of drug-likeness (QED) is 0.0271. The molecule has 7 unspecified atom stereocenters. The summed E-state index contributed by atoms with van der Waals surface area (Å²) in [6.07, 6.45) is 35.6. The van der Waals surface area contributed by atoms with Gasteiger partial charge in [0.1, 0.15) is 24.4 Å². The third kappa shape index (κ3) is 26.5. The summed E-state index contributed by atoms with van der Waals surface area (Å²) in [5, 5.41) is 53.8. The van der Waals surface area contributed by atoms with Crippen LogP contribution in [0.4, 0.5) is 0 Å². The van der Waals surface area contributed by atoms with Crippen molar-refractivity contribution in [3.63, 3.8) is 0 Å². The van der Waals surface area contributed by atoms with E-state index in [2.05, 4.69) is 31.3 Å². The molecule has 1 aliphatic rings. The normalized spacial score (nSPS) is 21.6. The Kier molecular flexibility index (Phi) is 33.8. The minimum Gasteiger partial charge on any atom is -0.394 e. The lowest BCUT2D eigenvalue weighted by Crippen LogP contribution is -2.60. The summed E-state index contributed by atoms with van der Waals surface area (Å²) in [5.41, 5.74) is 0. The van der Waals surface area contributed by atoms with Crippen molar-refractivity contribution >= 4 is 5.91 Å². The number of carbonyl (C=O) groups excluding carboxylic acids is 1. The monoisotopic (exact) mass is 768 g/mol. The van der Waals surface area contributed by atoms with Gasteiger partial charge in [-0.3, -0.25) is 4.79 Å². The van der Waals surface area contributed by atoms with Crippen molar-refractivity contribution in [1.29, 1.82) is 0 Å². The molecule has 1 amide bonds. The van der Waals surface area contributed by atoms with Gasteiger partial charge in [-0.1, -0.05) is 192 Å². The standard InChI is InChI=1S/C45H85NO8/c1-3-5-7-9-11-12-13-14-15-16-17-18-19-20-21-22-23-24-25-26-27-29-31-33-35-41(49)46-38(39(48)34-32-30-28-10-8-6-4-2)37-53-45-44(52)43(51)42(50)40(36-47)54-45/h8,10,32,34,38-40,42-45,47-48,50-52H,3-7,9,11-31,33,35-37H2,1-2H3,(H,46,49)/b10-8+,34-32+.